The van der Waals surface area contributed by atoms with Crippen molar-refractivity contribution in [2.24, 2.45) is 5.14 Å². The van der Waals surface area contributed by atoms with Crippen molar-refractivity contribution < 1.29 is 4.21 Å². The van der Waals surface area contributed by atoms with E-state index in [1.165, 1.54) is 11.3 Å². The molecule has 0 aliphatic heterocycles. The second kappa shape index (κ2) is 3.08. The first kappa shape index (κ1) is 10.7. The fourth-order valence-electron chi connectivity index (χ4n) is 0.869. The minimum atomic E-state index is -3.02. The molecule has 0 saturated heterocycles. The second-order valence-corrected chi connectivity index (χ2v) is 6.82. The predicted octanol–water partition coefficient (Wildman–Crippen LogP) is 2.32. The molecule has 5 heteroatoms. The van der Waals surface area contributed by atoms with E-state index in [9.17, 15) is 4.21 Å². The molecule has 74 valence electrons. The molecule has 0 amide bonds. The van der Waals surface area contributed by atoms with E-state index in [1.54, 1.807) is 6.07 Å². The summed E-state index contributed by atoms with van der Waals surface area (Å²) in [5.74, 6) is 0. The highest BCUT2D eigenvalue weighted by Crippen LogP contribution is 2.28. The molecule has 1 aromatic rings. The van der Waals surface area contributed by atoms with Crippen molar-refractivity contribution in [3.8, 4) is 0 Å². The first-order chi connectivity index (χ1) is 5.71. The Labute approximate surface area is 83.1 Å². The molecule has 3 nitrogen and oxygen atoms in total. The van der Waals surface area contributed by atoms with Crippen molar-refractivity contribution in [2.75, 3.05) is 0 Å². The van der Waals surface area contributed by atoms with Crippen molar-refractivity contribution in [3.63, 3.8) is 0 Å². The number of nitrogens with two attached hydrogens (primary N) is 1. The zero-order chi connectivity index (χ0) is 10.3. The van der Waals surface area contributed by atoms with E-state index in [4.69, 9.17) is 9.92 Å². The first-order valence-corrected chi connectivity index (χ1v) is 6.37. The number of rotatable bonds is 1. The lowest BCUT2D eigenvalue weighted by Gasteiger charge is -2.15. The summed E-state index contributed by atoms with van der Waals surface area (Å²) in [6.07, 6.45) is 0. The monoisotopic (exact) mass is 218 g/mol. The summed E-state index contributed by atoms with van der Waals surface area (Å²) in [5, 5.41) is 7.13. The Bertz CT molecular complexity index is 398. The van der Waals surface area contributed by atoms with Gasteiger partial charge in [0, 0.05) is 0 Å². The van der Waals surface area contributed by atoms with Crippen molar-refractivity contribution >= 4 is 21.3 Å². The summed E-state index contributed by atoms with van der Waals surface area (Å²) >= 11 is 1.30. The zero-order valence-electron chi connectivity index (χ0n) is 7.96. The maximum atomic E-state index is 11.2. The van der Waals surface area contributed by atoms with E-state index in [0.717, 1.165) is 5.56 Å². The third-order valence-electron chi connectivity index (χ3n) is 1.74. The standard InChI is InChI=1S/C8H14N2OS2/c1-8(2,3)6-4-7(12-5-6)13(9,10)11/h4-5H,1-3H3,(H3,9,10,11). The molecule has 0 saturated carbocycles. The summed E-state index contributed by atoms with van der Waals surface area (Å²) in [5.41, 5.74) is 1.11. The van der Waals surface area contributed by atoms with E-state index in [2.05, 4.69) is 20.8 Å². The SMILES string of the molecule is CC(C)(C)c1csc(S(=N)(N)=O)c1. The maximum absolute atomic E-state index is 11.2. The zero-order valence-corrected chi connectivity index (χ0v) is 9.59. The van der Waals surface area contributed by atoms with Gasteiger partial charge >= 0.3 is 0 Å². The number of thiophene rings is 1. The number of hydrogen-bond donors (Lipinski definition) is 2. The molecule has 0 aliphatic carbocycles. The van der Waals surface area contributed by atoms with Crippen LogP contribution in [0.15, 0.2) is 15.7 Å². The van der Waals surface area contributed by atoms with Gasteiger partial charge in [0.05, 0.1) is 0 Å². The summed E-state index contributed by atoms with van der Waals surface area (Å²) in [7, 11) is -3.02. The van der Waals surface area contributed by atoms with E-state index in [-0.39, 0.29) is 5.41 Å². The molecule has 0 radical (unpaired) electrons. The lowest BCUT2D eigenvalue weighted by atomic mass is 9.90. The largest absolute Gasteiger partial charge is 0.241 e. The fourth-order valence-corrected chi connectivity index (χ4v) is 2.75. The van der Waals surface area contributed by atoms with Crippen LogP contribution in [0.1, 0.15) is 26.3 Å². The molecule has 0 bridgehead atoms. The molecule has 0 spiro atoms. The van der Waals surface area contributed by atoms with Gasteiger partial charge in [-0.15, -0.1) is 11.3 Å². The van der Waals surface area contributed by atoms with Crippen LogP contribution in [-0.2, 0) is 15.3 Å². The summed E-state index contributed by atoms with van der Waals surface area (Å²) < 4.78 is 18.8. The molecule has 1 aromatic heterocycles. The quantitative estimate of drug-likeness (QED) is 0.746. The summed E-state index contributed by atoms with van der Waals surface area (Å²) in [6.45, 7) is 6.21. The van der Waals surface area contributed by atoms with E-state index in [0.29, 0.717) is 4.21 Å². The van der Waals surface area contributed by atoms with E-state index in [1.807, 2.05) is 5.38 Å². The molecule has 3 N–H and O–H groups in total. The second-order valence-electron chi connectivity index (χ2n) is 4.01. The molecule has 0 fully saturated rings. The minimum absolute atomic E-state index is 0.0272. The first-order valence-electron chi connectivity index (χ1n) is 3.87. The third kappa shape index (κ3) is 2.52. The Balaban J connectivity index is 3.16. The van der Waals surface area contributed by atoms with Crippen LogP contribution in [-0.4, -0.2) is 4.21 Å². The molecule has 1 heterocycles. The maximum Gasteiger partial charge on any atom is 0.141 e. The Morgan fingerprint density at radius 3 is 2.31 bits per heavy atom. The minimum Gasteiger partial charge on any atom is -0.241 e. The predicted molar refractivity (Wildman–Crippen MR) is 56.3 cm³/mol. The smallest absolute Gasteiger partial charge is 0.141 e. The molecule has 0 aromatic carbocycles. The summed E-state index contributed by atoms with van der Waals surface area (Å²) in [4.78, 5) is 0. The van der Waals surface area contributed by atoms with Gasteiger partial charge in [-0.3, -0.25) is 0 Å². The van der Waals surface area contributed by atoms with Crippen LogP contribution in [0.3, 0.4) is 0 Å². The lowest BCUT2D eigenvalue weighted by molar-refractivity contribution is 0.592. The van der Waals surface area contributed by atoms with Crippen molar-refractivity contribution in [3.05, 3.63) is 17.0 Å². The molecule has 1 unspecified atom stereocenters. The Morgan fingerprint density at radius 1 is 1.54 bits per heavy atom. The molecular formula is C8H14N2OS2. The van der Waals surface area contributed by atoms with Gasteiger partial charge in [0.15, 0.2) is 0 Å². The molecular weight excluding hydrogens is 204 g/mol. The highest BCUT2D eigenvalue weighted by molar-refractivity contribution is 7.92. The number of hydrogen-bond acceptors (Lipinski definition) is 3. The van der Waals surface area contributed by atoms with Crippen LogP contribution in [0.2, 0.25) is 0 Å². The Morgan fingerprint density at radius 2 is 2.08 bits per heavy atom. The van der Waals surface area contributed by atoms with Gasteiger partial charge in [-0.1, -0.05) is 20.8 Å². The molecule has 0 aliphatic rings. The van der Waals surface area contributed by atoms with E-state index < -0.39 is 9.92 Å². The summed E-state index contributed by atoms with van der Waals surface area (Å²) in [6, 6.07) is 1.76. The Kier molecular flexibility index (Phi) is 2.53. The van der Waals surface area contributed by atoms with Gasteiger partial charge in [0.1, 0.15) is 14.1 Å². The number of nitrogens with one attached hydrogen (secondary N) is 1. The third-order valence-corrected chi connectivity index (χ3v) is 4.21. The molecule has 1 rings (SSSR count). The normalized spacial score (nSPS) is 16.9. The molecule has 1 atom stereocenters. The van der Waals surface area contributed by atoms with Crippen LogP contribution < -0.4 is 5.14 Å². The average Bonchev–Trinajstić information content (AvgIpc) is 2.28. The van der Waals surface area contributed by atoms with Crippen molar-refractivity contribution in [2.45, 2.75) is 30.4 Å². The van der Waals surface area contributed by atoms with Gasteiger partial charge in [-0.2, -0.15) is 0 Å². The Hall–Kier alpha value is -0.390. The highest BCUT2D eigenvalue weighted by Gasteiger charge is 2.17. The average molecular weight is 218 g/mol. The topological polar surface area (TPSA) is 66.9 Å². The van der Waals surface area contributed by atoms with Crippen LogP contribution in [0.4, 0.5) is 0 Å². The van der Waals surface area contributed by atoms with Crippen LogP contribution in [0.5, 0.6) is 0 Å². The highest BCUT2D eigenvalue weighted by atomic mass is 32.2. The van der Waals surface area contributed by atoms with E-state index >= 15 is 0 Å². The van der Waals surface area contributed by atoms with Gasteiger partial charge < -0.3 is 0 Å². The van der Waals surface area contributed by atoms with Crippen LogP contribution >= 0.6 is 11.3 Å². The van der Waals surface area contributed by atoms with Crippen LogP contribution in [0.25, 0.3) is 0 Å². The van der Waals surface area contributed by atoms with Gasteiger partial charge in [-0.05, 0) is 22.4 Å². The van der Waals surface area contributed by atoms with Crippen molar-refractivity contribution in [1.82, 2.24) is 0 Å². The van der Waals surface area contributed by atoms with Crippen molar-refractivity contribution in [1.29, 1.82) is 4.78 Å². The molecule has 13 heavy (non-hydrogen) atoms. The van der Waals surface area contributed by atoms with Gasteiger partial charge in [0.2, 0.25) is 0 Å². The van der Waals surface area contributed by atoms with Gasteiger partial charge in [-0.25, -0.2) is 14.1 Å². The fraction of sp³-hybridized carbons (Fsp3) is 0.500. The van der Waals surface area contributed by atoms with Gasteiger partial charge in [0.25, 0.3) is 0 Å². The lowest BCUT2D eigenvalue weighted by Crippen LogP contribution is -2.11. The van der Waals surface area contributed by atoms with Crippen LogP contribution in [0, 0.1) is 4.78 Å².